The lowest BCUT2D eigenvalue weighted by Crippen LogP contribution is -2.09. The molecule has 0 unspecified atom stereocenters. The fraction of sp³-hybridized carbons (Fsp3) is 0.172. The van der Waals surface area contributed by atoms with Crippen LogP contribution in [0.1, 0.15) is 22.3 Å². The summed E-state index contributed by atoms with van der Waals surface area (Å²) in [7, 11) is 0. The number of benzene rings is 4. The molecule has 0 aliphatic heterocycles. The van der Waals surface area contributed by atoms with E-state index < -0.39 is 0 Å². The Balaban J connectivity index is 0.00000324. The molecule has 0 aromatic heterocycles. The normalized spacial score (nSPS) is 10.3. The van der Waals surface area contributed by atoms with E-state index in [1.54, 1.807) is 0 Å². The van der Waals surface area contributed by atoms with Gasteiger partial charge in [-0.2, -0.15) is 0 Å². The Bertz CT molecular complexity index is 1120. The smallest absolute Gasteiger partial charge is 0.204 e. The van der Waals surface area contributed by atoms with Gasteiger partial charge >= 0.3 is 0 Å². The topological polar surface area (TPSA) is 53.7 Å². The zero-order valence-corrected chi connectivity index (χ0v) is 19.9. The summed E-state index contributed by atoms with van der Waals surface area (Å²) < 4.78 is 18.9. The molecule has 0 atom stereocenters. The summed E-state index contributed by atoms with van der Waals surface area (Å²) >= 11 is 0. The number of rotatable bonds is 11. The van der Waals surface area contributed by atoms with Crippen LogP contribution < -0.4 is 19.9 Å². The van der Waals surface area contributed by atoms with Crippen molar-refractivity contribution >= 4 is 12.4 Å². The van der Waals surface area contributed by atoms with E-state index in [1.165, 1.54) is 0 Å². The van der Waals surface area contributed by atoms with Crippen molar-refractivity contribution in [2.75, 3.05) is 6.54 Å². The third-order valence-corrected chi connectivity index (χ3v) is 5.26. The van der Waals surface area contributed by atoms with E-state index in [9.17, 15) is 0 Å². The van der Waals surface area contributed by atoms with Crippen molar-refractivity contribution in [3.63, 3.8) is 0 Å². The van der Waals surface area contributed by atoms with Gasteiger partial charge in [-0.15, -0.1) is 12.4 Å². The molecular weight excluding hydrogens is 446 g/mol. The Hall–Kier alpha value is -3.47. The van der Waals surface area contributed by atoms with Gasteiger partial charge in [0, 0.05) is 0 Å². The lowest BCUT2D eigenvalue weighted by molar-refractivity contribution is 0.228. The van der Waals surface area contributed by atoms with Crippen LogP contribution in [0.15, 0.2) is 103 Å². The van der Waals surface area contributed by atoms with Gasteiger partial charge in [0.2, 0.25) is 5.75 Å². The minimum absolute atomic E-state index is 0. The van der Waals surface area contributed by atoms with E-state index in [0.29, 0.717) is 50.0 Å². The first kappa shape index (κ1) is 25.2. The number of hydrogen-bond acceptors (Lipinski definition) is 4. The maximum Gasteiger partial charge on any atom is 0.204 e. The van der Waals surface area contributed by atoms with Crippen molar-refractivity contribution in [3.05, 3.63) is 125 Å². The van der Waals surface area contributed by atoms with Gasteiger partial charge in [0.15, 0.2) is 11.5 Å². The van der Waals surface area contributed by atoms with Crippen LogP contribution in [0.4, 0.5) is 0 Å². The van der Waals surface area contributed by atoms with Crippen LogP contribution in [0, 0.1) is 0 Å². The van der Waals surface area contributed by atoms with E-state index in [4.69, 9.17) is 19.9 Å². The number of hydrogen-bond donors (Lipinski definition) is 1. The summed E-state index contributed by atoms with van der Waals surface area (Å²) in [5.74, 6) is 1.95. The van der Waals surface area contributed by atoms with Gasteiger partial charge in [0.1, 0.15) is 19.8 Å². The number of halogens is 1. The molecule has 0 bridgehead atoms. The Labute approximate surface area is 207 Å². The van der Waals surface area contributed by atoms with Crippen molar-refractivity contribution in [1.82, 2.24) is 0 Å². The van der Waals surface area contributed by atoms with Gasteiger partial charge in [-0.25, -0.2) is 0 Å². The maximum absolute atomic E-state index is 6.33. The molecule has 0 amide bonds. The van der Waals surface area contributed by atoms with E-state index in [2.05, 4.69) is 0 Å². The van der Waals surface area contributed by atoms with E-state index in [-0.39, 0.29) is 12.4 Å². The molecule has 2 N–H and O–H groups in total. The fourth-order valence-corrected chi connectivity index (χ4v) is 3.54. The van der Waals surface area contributed by atoms with Crippen LogP contribution >= 0.6 is 12.4 Å². The lowest BCUT2D eigenvalue weighted by atomic mass is 10.1. The molecule has 0 radical (unpaired) electrons. The third-order valence-electron chi connectivity index (χ3n) is 5.26. The summed E-state index contributed by atoms with van der Waals surface area (Å²) in [6.45, 7) is 1.81. The van der Waals surface area contributed by atoms with Crippen molar-refractivity contribution < 1.29 is 14.2 Å². The molecule has 4 aromatic carbocycles. The van der Waals surface area contributed by atoms with Crippen molar-refractivity contribution in [1.29, 1.82) is 0 Å². The highest BCUT2D eigenvalue weighted by atomic mass is 35.5. The van der Waals surface area contributed by atoms with Gasteiger partial charge in [-0.05, 0) is 41.3 Å². The Kier molecular flexibility index (Phi) is 9.83. The monoisotopic (exact) mass is 475 g/mol. The summed E-state index contributed by atoms with van der Waals surface area (Å²) in [6.07, 6.45) is 0.685. The van der Waals surface area contributed by atoms with E-state index in [1.807, 2.05) is 103 Å². The second-order valence-electron chi connectivity index (χ2n) is 7.74. The van der Waals surface area contributed by atoms with Crippen LogP contribution in [0.5, 0.6) is 17.2 Å². The van der Waals surface area contributed by atoms with Gasteiger partial charge in [-0.1, -0.05) is 97.1 Å². The molecule has 0 fully saturated rings. The Morgan fingerprint density at radius 2 is 0.941 bits per heavy atom. The van der Waals surface area contributed by atoms with E-state index >= 15 is 0 Å². The zero-order chi connectivity index (χ0) is 22.7. The first-order chi connectivity index (χ1) is 16.3. The average molecular weight is 476 g/mol. The maximum atomic E-state index is 6.33. The second-order valence-corrected chi connectivity index (χ2v) is 7.74. The quantitative estimate of drug-likeness (QED) is 0.275. The third kappa shape index (κ3) is 7.01. The van der Waals surface area contributed by atoms with Crippen molar-refractivity contribution in [3.8, 4) is 17.2 Å². The van der Waals surface area contributed by atoms with Gasteiger partial charge in [0.25, 0.3) is 0 Å². The first-order valence-electron chi connectivity index (χ1n) is 11.2. The molecule has 0 aliphatic rings. The van der Waals surface area contributed by atoms with Crippen LogP contribution in [0.3, 0.4) is 0 Å². The molecule has 0 spiro atoms. The predicted octanol–water partition coefficient (Wildman–Crippen LogP) is 6.35. The van der Waals surface area contributed by atoms with E-state index in [0.717, 1.165) is 22.3 Å². The van der Waals surface area contributed by atoms with Gasteiger partial charge in [-0.3, -0.25) is 0 Å². The summed E-state index contributed by atoms with van der Waals surface area (Å²) in [6, 6.07) is 34.2. The molecule has 34 heavy (non-hydrogen) atoms. The molecule has 176 valence electrons. The Morgan fingerprint density at radius 1 is 0.500 bits per heavy atom. The highest BCUT2D eigenvalue weighted by molar-refractivity contribution is 5.85. The minimum atomic E-state index is 0. The zero-order valence-electron chi connectivity index (χ0n) is 19.1. The molecule has 4 aromatic rings. The summed E-state index contributed by atoms with van der Waals surface area (Å²) in [5, 5.41) is 0. The molecule has 4 nitrogen and oxygen atoms in total. The molecular formula is C29H30ClNO3. The average Bonchev–Trinajstić information content (AvgIpc) is 2.88. The predicted molar refractivity (Wildman–Crippen MR) is 139 cm³/mol. The lowest BCUT2D eigenvalue weighted by Gasteiger charge is -2.20. The van der Waals surface area contributed by atoms with Gasteiger partial charge in [0.05, 0.1) is 0 Å². The summed E-state index contributed by atoms with van der Waals surface area (Å²) in [4.78, 5) is 0. The first-order valence-corrected chi connectivity index (χ1v) is 11.2. The van der Waals surface area contributed by atoms with Crippen molar-refractivity contribution in [2.45, 2.75) is 26.2 Å². The molecule has 0 saturated heterocycles. The van der Waals surface area contributed by atoms with Crippen LogP contribution in [-0.4, -0.2) is 6.54 Å². The SMILES string of the molecule is Cl.NCCc1ccc(OCc2ccccc2)c(OCc2ccccc2)c1OCc1ccccc1. The highest BCUT2D eigenvalue weighted by Crippen LogP contribution is 2.42. The standard InChI is InChI=1S/C29H29NO3.ClH/c30-19-18-26-16-17-27(31-20-23-10-4-1-5-11-23)29(33-22-25-14-8-3-9-15-25)28(26)32-21-24-12-6-2-7-13-24;/h1-17H,18-22,30H2;1H. The molecule has 0 heterocycles. The van der Waals surface area contributed by atoms with Gasteiger partial charge < -0.3 is 19.9 Å². The number of nitrogens with two attached hydrogens (primary N) is 1. The summed E-state index contributed by atoms with van der Waals surface area (Å²) in [5.41, 5.74) is 10.1. The van der Waals surface area contributed by atoms with Crippen LogP contribution in [0.25, 0.3) is 0 Å². The molecule has 4 rings (SSSR count). The Morgan fingerprint density at radius 3 is 1.41 bits per heavy atom. The van der Waals surface area contributed by atoms with Crippen LogP contribution in [-0.2, 0) is 26.2 Å². The highest BCUT2D eigenvalue weighted by Gasteiger charge is 2.18. The van der Waals surface area contributed by atoms with Crippen molar-refractivity contribution in [2.24, 2.45) is 5.73 Å². The minimum Gasteiger partial charge on any atom is -0.485 e. The largest absolute Gasteiger partial charge is 0.485 e. The molecule has 0 aliphatic carbocycles. The number of ether oxygens (including phenoxy) is 3. The molecule has 0 saturated carbocycles. The molecule has 5 heteroatoms. The second kappa shape index (κ2) is 13.3. The van der Waals surface area contributed by atoms with Crippen LogP contribution in [0.2, 0.25) is 0 Å². The fourth-order valence-electron chi connectivity index (χ4n) is 3.54.